The normalized spacial score (nSPS) is 16.0. The molecular weight excluding hydrogens is 324 g/mol. The second-order valence-electron chi connectivity index (χ2n) is 5.44. The van der Waals surface area contributed by atoms with Gasteiger partial charge >= 0.3 is 0 Å². The van der Waals surface area contributed by atoms with Gasteiger partial charge in [0.2, 0.25) is 0 Å². The van der Waals surface area contributed by atoms with Gasteiger partial charge in [0, 0.05) is 23.5 Å². The topological polar surface area (TPSA) is 98.2 Å². The van der Waals surface area contributed by atoms with Crippen molar-refractivity contribution >= 4 is 11.4 Å². The van der Waals surface area contributed by atoms with E-state index >= 15 is 0 Å². The van der Waals surface area contributed by atoms with Crippen molar-refractivity contribution in [1.29, 1.82) is 0 Å². The Morgan fingerprint density at radius 2 is 1.00 bits per heavy atom. The van der Waals surface area contributed by atoms with Gasteiger partial charge in [-0.15, -0.1) is 0 Å². The maximum absolute atomic E-state index is 5.99. The van der Waals surface area contributed by atoms with Crippen molar-refractivity contribution in [3.8, 4) is 23.0 Å². The number of fused-ring (bicyclic) bond motifs is 2. The van der Waals surface area contributed by atoms with Gasteiger partial charge in [-0.1, -0.05) is 0 Å². The molecular formula is C18H22N2O5. The van der Waals surface area contributed by atoms with Gasteiger partial charge in [0.15, 0.2) is 23.0 Å². The van der Waals surface area contributed by atoms with E-state index in [0.717, 1.165) is 0 Å². The molecule has 1 aliphatic rings. The highest BCUT2D eigenvalue weighted by Crippen LogP contribution is 2.38. The number of rotatable bonds is 0. The van der Waals surface area contributed by atoms with Gasteiger partial charge in [-0.25, -0.2) is 0 Å². The van der Waals surface area contributed by atoms with Crippen LogP contribution in [-0.4, -0.2) is 39.6 Å². The third-order valence-corrected chi connectivity index (χ3v) is 3.50. The van der Waals surface area contributed by atoms with E-state index in [1.807, 2.05) is 0 Å². The van der Waals surface area contributed by atoms with Crippen LogP contribution in [0.1, 0.15) is 0 Å². The Labute approximate surface area is 146 Å². The van der Waals surface area contributed by atoms with Gasteiger partial charge < -0.3 is 35.2 Å². The molecule has 4 N–H and O–H groups in total. The fourth-order valence-electron chi connectivity index (χ4n) is 2.31. The maximum Gasteiger partial charge on any atom is 0.171 e. The van der Waals surface area contributed by atoms with Crippen molar-refractivity contribution in [3.05, 3.63) is 36.4 Å². The van der Waals surface area contributed by atoms with Gasteiger partial charge in [-0.3, -0.25) is 0 Å². The molecule has 0 fully saturated rings. The van der Waals surface area contributed by atoms with E-state index in [-0.39, 0.29) is 0 Å². The predicted molar refractivity (Wildman–Crippen MR) is 94.4 cm³/mol. The van der Waals surface area contributed by atoms with Crippen molar-refractivity contribution in [2.45, 2.75) is 0 Å². The predicted octanol–water partition coefficient (Wildman–Crippen LogP) is 2.45. The lowest BCUT2D eigenvalue weighted by molar-refractivity contribution is 0.0275. The van der Waals surface area contributed by atoms with Crippen LogP contribution in [0.4, 0.5) is 11.4 Å². The summed E-state index contributed by atoms with van der Waals surface area (Å²) in [5.41, 5.74) is 12.9. The molecule has 0 aromatic heterocycles. The summed E-state index contributed by atoms with van der Waals surface area (Å²) in [6, 6.07) is 10.4. The quantitative estimate of drug-likeness (QED) is 0.707. The molecule has 0 bridgehead atoms. The Balaban J connectivity index is 1.89. The first-order valence-electron chi connectivity index (χ1n) is 8.10. The highest BCUT2D eigenvalue weighted by atomic mass is 16.6. The van der Waals surface area contributed by atoms with Crippen LogP contribution in [-0.2, 0) is 9.47 Å². The first-order chi connectivity index (χ1) is 12.2. The first-order valence-corrected chi connectivity index (χ1v) is 8.10. The monoisotopic (exact) mass is 346 g/mol. The molecule has 1 aliphatic heterocycles. The minimum Gasteiger partial charge on any atom is -0.487 e. The molecule has 7 nitrogen and oxygen atoms in total. The molecule has 2 aromatic rings. The summed E-state index contributed by atoms with van der Waals surface area (Å²) >= 11 is 0. The lowest BCUT2D eigenvalue weighted by Crippen LogP contribution is -2.13. The van der Waals surface area contributed by atoms with Crippen molar-refractivity contribution in [2.24, 2.45) is 0 Å². The van der Waals surface area contributed by atoms with Crippen LogP contribution in [0.15, 0.2) is 36.4 Å². The number of anilines is 2. The highest BCUT2D eigenvalue weighted by molar-refractivity contribution is 5.57. The van der Waals surface area contributed by atoms with Crippen molar-refractivity contribution in [1.82, 2.24) is 0 Å². The molecule has 3 rings (SSSR count). The van der Waals surface area contributed by atoms with Crippen LogP contribution in [0.5, 0.6) is 23.0 Å². The minimum atomic E-state index is 0.389. The van der Waals surface area contributed by atoms with E-state index in [2.05, 4.69) is 0 Å². The molecule has 1 heterocycles. The van der Waals surface area contributed by atoms with E-state index in [4.69, 9.17) is 35.2 Å². The molecule has 134 valence electrons. The fourth-order valence-corrected chi connectivity index (χ4v) is 2.31. The van der Waals surface area contributed by atoms with Gasteiger partial charge in [-0.2, -0.15) is 0 Å². The lowest BCUT2D eigenvalue weighted by atomic mass is 10.2. The summed E-state index contributed by atoms with van der Waals surface area (Å²) in [5.74, 6) is 2.11. The van der Waals surface area contributed by atoms with Crippen LogP contribution in [0.25, 0.3) is 0 Å². The Morgan fingerprint density at radius 1 is 0.560 bits per heavy atom. The molecule has 0 atom stereocenters. The molecule has 0 radical (unpaired) electrons. The van der Waals surface area contributed by atoms with Gasteiger partial charge in [0.05, 0.1) is 26.4 Å². The van der Waals surface area contributed by atoms with Crippen LogP contribution in [0.3, 0.4) is 0 Å². The standard InChI is InChI=1S/C18H22N2O5/c19-13-1-3-15-17(11-13)25-18-12-14(20)2-4-16(18)24-10-8-22-6-5-21-7-9-23-15/h1-4,11-12H,5-10,19-20H2. The van der Waals surface area contributed by atoms with Gasteiger partial charge in [-0.05, 0) is 24.3 Å². The molecule has 2 aromatic carbocycles. The molecule has 0 unspecified atom stereocenters. The Kier molecular flexibility index (Phi) is 5.81. The fraction of sp³-hybridized carbons (Fsp3) is 0.333. The maximum atomic E-state index is 5.99. The molecule has 0 saturated carbocycles. The molecule has 0 aliphatic carbocycles. The number of ether oxygens (including phenoxy) is 5. The summed E-state index contributed by atoms with van der Waals surface area (Å²) in [5, 5.41) is 0. The summed E-state index contributed by atoms with van der Waals surface area (Å²) in [6.07, 6.45) is 0. The number of benzene rings is 2. The van der Waals surface area contributed by atoms with E-state index < -0.39 is 0 Å². The van der Waals surface area contributed by atoms with Gasteiger partial charge in [0.1, 0.15) is 13.2 Å². The van der Waals surface area contributed by atoms with E-state index in [0.29, 0.717) is 74.0 Å². The third kappa shape index (κ3) is 4.91. The van der Waals surface area contributed by atoms with Crippen LogP contribution < -0.4 is 25.7 Å². The second-order valence-corrected chi connectivity index (χ2v) is 5.44. The lowest BCUT2D eigenvalue weighted by Gasteiger charge is -2.16. The zero-order valence-electron chi connectivity index (χ0n) is 13.9. The summed E-state index contributed by atoms with van der Waals surface area (Å²) in [6.45, 7) is 2.69. The largest absolute Gasteiger partial charge is 0.487 e. The first kappa shape index (κ1) is 17.2. The minimum absolute atomic E-state index is 0.389. The summed E-state index contributed by atoms with van der Waals surface area (Å²) < 4.78 is 28.4. The molecule has 7 heteroatoms. The second kappa shape index (κ2) is 8.46. The molecule has 0 spiro atoms. The molecule has 0 saturated heterocycles. The van der Waals surface area contributed by atoms with Crippen LogP contribution >= 0.6 is 0 Å². The van der Waals surface area contributed by atoms with Crippen molar-refractivity contribution in [3.63, 3.8) is 0 Å². The Hall–Kier alpha value is -2.64. The van der Waals surface area contributed by atoms with Crippen molar-refractivity contribution < 1.29 is 23.7 Å². The zero-order chi connectivity index (χ0) is 17.5. The number of nitrogens with two attached hydrogens (primary N) is 2. The SMILES string of the molecule is Nc1ccc2c(c1)Oc1cc(N)ccc1OCCOCCOCCO2. The van der Waals surface area contributed by atoms with Gasteiger partial charge in [0.25, 0.3) is 0 Å². The molecule has 25 heavy (non-hydrogen) atoms. The average Bonchev–Trinajstić information content (AvgIpc) is 2.60. The van der Waals surface area contributed by atoms with E-state index in [1.165, 1.54) is 0 Å². The number of hydrogen-bond acceptors (Lipinski definition) is 7. The van der Waals surface area contributed by atoms with E-state index in [9.17, 15) is 0 Å². The number of nitrogen functional groups attached to an aromatic ring is 2. The van der Waals surface area contributed by atoms with Crippen LogP contribution in [0, 0.1) is 0 Å². The summed E-state index contributed by atoms with van der Waals surface area (Å²) in [7, 11) is 0. The number of hydrogen-bond donors (Lipinski definition) is 2. The zero-order valence-corrected chi connectivity index (χ0v) is 13.9. The molecule has 0 amide bonds. The smallest absolute Gasteiger partial charge is 0.171 e. The van der Waals surface area contributed by atoms with E-state index in [1.54, 1.807) is 36.4 Å². The Bertz CT molecular complexity index is 648. The Morgan fingerprint density at radius 3 is 1.48 bits per heavy atom. The average molecular weight is 346 g/mol. The highest BCUT2D eigenvalue weighted by Gasteiger charge is 2.12. The van der Waals surface area contributed by atoms with Crippen LogP contribution in [0.2, 0.25) is 0 Å². The van der Waals surface area contributed by atoms with Crippen molar-refractivity contribution in [2.75, 3.05) is 51.1 Å². The third-order valence-electron chi connectivity index (χ3n) is 3.50. The summed E-state index contributed by atoms with van der Waals surface area (Å²) in [4.78, 5) is 0.